The second-order valence-corrected chi connectivity index (χ2v) is 6.73. The van der Waals surface area contributed by atoms with E-state index in [1.165, 1.54) is 0 Å². The van der Waals surface area contributed by atoms with Crippen molar-refractivity contribution in [3.05, 3.63) is 28.2 Å². The van der Waals surface area contributed by atoms with Crippen LogP contribution < -0.4 is 10.1 Å². The molecule has 1 N–H and O–H groups in total. The molecule has 0 amide bonds. The Bertz CT molecular complexity index is 528. The molecule has 0 aromatic heterocycles. The van der Waals surface area contributed by atoms with Gasteiger partial charge in [0.25, 0.3) is 0 Å². The molecule has 7 heteroatoms. The molecule has 122 valence electrons. The van der Waals surface area contributed by atoms with Crippen LogP contribution in [-0.2, 0) is 0 Å². The van der Waals surface area contributed by atoms with Gasteiger partial charge in [0.2, 0.25) is 0 Å². The van der Waals surface area contributed by atoms with Crippen LogP contribution in [-0.4, -0.2) is 61.3 Å². The fraction of sp³-hybridized carbons (Fsp3) is 0.533. The van der Waals surface area contributed by atoms with Gasteiger partial charge in [-0.3, -0.25) is 0 Å². The molecule has 1 atom stereocenters. The maximum absolute atomic E-state index is 6.16. The van der Waals surface area contributed by atoms with Gasteiger partial charge in [-0.05, 0) is 38.4 Å². The van der Waals surface area contributed by atoms with Crippen molar-refractivity contribution in [2.24, 2.45) is 0 Å². The number of nitrogens with one attached hydrogen (secondary N) is 1. The summed E-state index contributed by atoms with van der Waals surface area (Å²) in [4.78, 5) is 4.25. The molecular weight excluding hydrogens is 341 g/mol. The molecule has 0 spiro atoms. The van der Waals surface area contributed by atoms with Crippen molar-refractivity contribution < 1.29 is 4.74 Å². The molecular formula is C15H21Cl2N3OS. The maximum Gasteiger partial charge on any atom is 0.169 e. The Morgan fingerprint density at radius 2 is 2.23 bits per heavy atom. The normalized spacial score (nSPS) is 17.9. The predicted molar refractivity (Wildman–Crippen MR) is 96.2 cm³/mol. The Balaban J connectivity index is 1.82. The van der Waals surface area contributed by atoms with Crippen molar-refractivity contribution in [2.45, 2.75) is 12.5 Å². The van der Waals surface area contributed by atoms with E-state index >= 15 is 0 Å². The number of hydrogen-bond acceptors (Lipinski definition) is 3. The van der Waals surface area contributed by atoms with Crippen LogP contribution in [0.15, 0.2) is 18.2 Å². The SMILES string of the molecule is CN(C)CCNC(=S)N1CCC(Oc2cccc(Cl)c2Cl)C1. The first-order valence-electron chi connectivity index (χ1n) is 7.25. The summed E-state index contributed by atoms with van der Waals surface area (Å²) in [5.74, 6) is 0.632. The Labute approximate surface area is 147 Å². The molecule has 0 aliphatic carbocycles. The minimum absolute atomic E-state index is 0.0737. The molecule has 22 heavy (non-hydrogen) atoms. The van der Waals surface area contributed by atoms with Gasteiger partial charge in [0.1, 0.15) is 16.9 Å². The maximum atomic E-state index is 6.16. The van der Waals surface area contributed by atoms with E-state index in [9.17, 15) is 0 Å². The van der Waals surface area contributed by atoms with E-state index in [0.717, 1.165) is 37.7 Å². The van der Waals surface area contributed by atoms with Crippen molar-refractivity contribution in [2.75, 3.05) is 40.3 Å². The summed E-state index contributed by atoms with van der Waals surface area (Å²) < 4.78 is 5.96. The van der Waals surface area contributed by atoms with Gasteiger partial charge < -0.3 is 19.9 Å². The molecule has 1 aromatic carbocycles. The Morgan fingerprint density at radius 1 is 1.45 bits per heavy atom. The van der Waals surface area contributed by atoms with Crippen molar-refractivity contribution in [3.8, 4) is 5.75 Å². The second-order valence-electron chi connectivity index (χ2n) is 5.56. The van der Waals surface area contributed by atoms with Gasteiger partial charge in [0.15, 0.2) is 5.11 Å². The van der Waals surface area contributed by atoms with Gasteiger partial charge in [-0.1, -0.05) is 29.3 Å². The van der Waals surface area contributed by atoms with Crippen LogP contribution in [0.3, 0.4) is 0 Å². The van der Waals surface area contributed by atoms with Gasteiger partial charge in [-0.2, -0.15) is 0 Å². The van der Waals surface area contributed by atoms with Crippen molar-refractivity contribution in [3.63, 3.8) is 0 Å². The minimum Gasteiger partial charge on any atom is -0.487 e. The fourth-order valence-corrected chi connectivity index (χ4v) is 2.87. The van der Waals surface area contributed by atoms with E-state index in [-0.39, 0.29) is 6.10 Å². The summed E-state index contributed by atoms with van der Waals surface area (Å²) in [6.07, 6.45) is 0.989. The highest BCUT2D eigenvalue weighted by Crippen LogP contribution is 2.33. The van der Waals surface area contributed by atoms with Gasteiger partial charge in [0.05, 0.1) is 11.6 Å². The van der Waals surface area contributed by atoms with E-state index in [1.807, 2.05) is 26.2 Å². The lowest BCUT2D eigenvalue weighted by molar-refractivity contribution is 0.214. The third-order valence-corrected chi connectivity index (χ3v) is 4.68. The first-order valence-corrected chi connectivity index (χ1v) is 8.42. The van der Waals surface area contributed by atoms with Crippen LogP contribution >= 0.6 is 35.4 Å². The largest absolute Gasteiger partial charge is 0.487 e. The lowest BCUT2D eigenvalue weighted by Crippen LogP contribution is -2.41. The summed E-state index contributed by atoms with van der Waals surface area (Å²) in [6.45, 7) is 3.44. The number of likely N-dealkylation sites (N-methyl/N-ethyl adjacent to an activating group) is 1. The minimum atomic E-state index is 0.0737. The van der Waals surface area contributed by atoms with Crippen LogP contribution in [0.2, 0.25) is 10.0 Å². The zero-order valence-electron chi connectivity index (χ0n) is 12.8. The monoisotopic (exact) mass is 361 g/mol. The van der Waals surface area contributed by atoms with E-state index in [4.69, 9.17) is 40.2 Å². The summed E-state index contributed by atoms with van der Waals surface area (Å²) in [5, 5.41) is 5.03. The highest BCUT2D eigenvalue weighted by Gasteiger charge is 2.26. The summed E-state index contributed by atoms with van der Waals surface area (Å²) in [7, 11) is 4.08. The highest BCUT2D eigenvalue weighted by atomic mass is 35.5. The van der Waals surface area contributed by atoms with E-state index in [0.29, 0.717) is 15.8 Å². The number of ether oxygens (including phenoxy) is 1. The summed E-state index contributed by atoms with van der Waals surface area (Å²) in [5.41, 5.74) is 0. The standard InChI is InChI=1S/C15H21Cl2N3OS/c1-19(2)9-7-18-15(22)20-8-6-11(10-20)21-13-5-3-4-12(16)14(13)17/h3-5,11H,6-10H2,1-2H3,(H,18,22). The Morgan fingerprint density at radius 3 is 2.95 bits per heavy atom. The topological polar surface area (TPSA) is 27.7 Å². The molecule has 2 rings (SSSR count). The number of hydrogen-bond donors (Lipinski definition) is 1. The summed E-state index contributed by atoms with van der Waals surface area (Å²) >= 11 is 17.6. The van der Waals surface area contributed by atoms with Crippen LogP contribution in [0.1, 0.15) is 6.42 Å². The third-order valence-electron chi connectivity index (χ3n) is 3.48. The molecule has 1 aliphatic rings. The van der Waals surface area contributed by atoms with Crippen molar-refractivity contribution >= 4 is 40.5 Å². The molecule has 0 saturated carbocycles. The lowest BCUT2D eigenvalue weighted by atomic mass is 10.3. The first-order chi connectivity index (χ1) is 10.5. The molecule has 1 saturated heterocycles. The number of halogens is 2. The number of rotatable bonds is 5. The number of benzene rings is 1. The first kappa shape index (κ1) is 17.6. The zero-order chi connectivity index (χ0) is 16.1. The smallest absolute Gasteiger partial charge is 0.169 e. The van der Waals surface area contributed by atoms with Crippen LogP contribution in [0.4, 0.5) is 0 Å². The highest BCUT2D eigenvalue weighted by molar-refractivity contribution is 7.80. The third kappa shape index (κ3) is 4.88. The van der Waals surface area contributed by atoms with Crippen LogP contribution in [0.5, 0.6) is 5.75 Å². The Hall–Kier alpha value is -0.750. The number of nitrogens with zero attached hydrogens (tertiary/aromatic N) is 2. The van der Waals surface area contributed by atoms with E-state index < -0.39 is 0 Å². The molecule has 0 bridgehead atoms. The molecule has 1 aromatic rings. The molecule has 1 unspecified atom stereocenters. The second kappa shape index (κ2) is 8.20. The Kier molecular flexibility index (Phi) is 6.56. The van der Waals surface area contributed by atoms with Gasteiger partial charge in [-0.25, -0.2) is 0 Å². The van der Waals surface area contributed by atoms with Crippen molar-refractivity contribution in [1.29, 1.82) is 0 Å². The molecule has 4 nitrogen and oxygen atoms in total. The van der Waals surface area contributed by atoms with E-state index in [1.54, 1.807) is 6.07 Å². The number of likely N-dealkylation sites (tertiary alicyclic amines) is 1. The quantitative estimate of drug-likeness (QED) is 0.814. The zero-order valence-corrected chi connectivity index (χ0v) is 15.1. The average Bonchev–Trinajstić information content (AvgIpc) is 2.92. The molecule has 1 aliphatic heterocycles. The predicted octanol–water partition coefficient (Wildman–Crippen LogP) is 2.88. The van der Waals surface area contributed by atoms with Gasteiger partial charge in [-0.15, -0.1) is 0 Å². The molecule has 1 heterocycles. The molecule has 1 fully saturated rings. The van der Waals surface area contributed by atoms with Crippen molar-refractivity contribution in [1.82, 2.24) is 15.1 Å². The van der Waals surface area contributed by atoms with Crippen LogP contribution in [0.25, 0.3) is 0 Å². The van der Waals surface area contributed by atoms with Crippen LogP contribution in [0, 0.1) is 0 Å². The van der Waals surface area contributed by atoms with Gasteiger partial charge >= 0.3 is 0 Å². The number of thiocarbonyl (C=S) groups is 1. The van der Waals surface area contributed by atoms with Gasteiger partial charge in [0, 0.05) is 26.1 Å². The summed E-state index contributed by atoms with van der Waals surface area (Å²) in [6, 6.07) is 5.43. The van der Waals surface area contributed by atoms with E-state index in [2.05, 4.69) is 15.1 Å². The molecule has 0 radical (unpaired) electrons. The average molecular weight is 362 g/mol. The fourth-order valence-electron chi connectivity index (χ4n) is 2.26. The lowest BCUT2D eigenvalue weighted by Gasteiger charge is -2.21.